The molecule has 1 aliphatic carbocycles. The van der Waals surface area contributed by atoms with Crippen molar-refractivity contribution in [2.45, 2.75) is 38.1 Å². The number of likely N-dealkylation sites (N-methyl/N-ethyl adjacent to an activating group) is 1. The molecule has 0 bridgehead atoms. The predicted molar refractivity (Wildman–Crippen MR) is 55.9 cm³/mol. The fourth-order valence-electron chi connectivity index (χ4n) is 2.37. The van der Waals surface area contributed by atoms with Crippen LogP contribution in [-0.4, -0.2) is 37.6 Å². The molecular weight excluding hydrogens is 160 g/mol. The van der Waals surface area contributed by atoms with Gasteiger partial charge in [0.05, 0.1) is 0 Å². The van der Waals surface area contributed by atoms with Gasteiger partial charge in [-0.2, -0.15) is 0 Å². The number of rotatable bonds is 4. The number of nitrogens with one attached hydrogen (secondary N) is 1. The standard InChI is InChI=1S/C11H22N2/c1-13-8-6-11(9-13)12-7-5-10-3-2-4-10/h10-12H,2-9H2,1H3. The molecule has 1 atom stereocenters. The Hall–Kier alpha value is -0.0800. The van der Waals surface area contributed by atoms with Crippen LogP contribution in [0.1, 0.15) is 32.1 Å². The molecule has 13 heavy (non-hydrogen) atoms. The van der Waals surface area contributed by atoms with E-state index in [9.17, 15) is 0 Å². The second-order valence-electron chi connectivity index (χ2n) is 4.79. The van der Waals surface area contributed by atoms with Crippen LogP contribution in [0.15, 0.2) is 0 Å². The smallest absolute Gasteiger partial charge is 0.0207 e. The normalized spacial score (nSPS) is 30.7. The van der Waals surface area contributed by atoms with Crippen molar-refractivity contribution in [2.24, 2.45) is 5.92 Å². The maximum absolute atomic E-state index is 3.67. The van der Waals surface area contributed by atoms with Crippen LogP contribution in [0.5, 0.6) is 0 Å². The van der Waals surface area contributed by atoms with E-state index < -0.39 is 0 Å². The first-order chi connectivity index (χ1) is 6.34. The first kappa shape index (κ1) is 9.47. The molecule has 1 saturated carbocycles. The van der Waals surface area contributed by atoms with Crippen LogP contribution >= 0.6 is 0 Å². The molecule has 0 aromatic carbocycles. The van der Waals surface area contributed by atoms with Gasteiger partial charge in [-0.25, -0.2) is 0 Å². The van der Waals surface area contributed by atoms with Crippen LogP contribution in [0.25, 0.3) is 0 Å². The van der Waals surface area contributed by atoms with Gasteiger partial charge < -0.3 is 10.2 Å². The van der Waals surface area contributed by atoms with Crippen LogP contribution in [0, 0.1) is 5.92 Å². The molecule has 2 nitrogen and oxygen atoms in total. The highest BCUT2D eigenvalue weighted by Crippen LogP contribution is 2.28. The lowest BCUT2D eigenvalue weighted by molar-refractivity contribution is 0.286. The molecule has 76 valence electrons. The van der Waals surface area contributed by atoms with E-state index in [2.05, 4.69) is 17.3 Å². The highest BCUT2D eigenvalue weighted by molar-refractivity contribution is 4.79. The van der Waals surface area contributed by atoms with Gasteiger partial charge in [0.25, 0.3) is 0 Å². The van der Waals surface area contributed by atoms with Crippen molar-refractivity contribution >= 4 is 0 Å². The van der Waals surface area contributed by atoms with Crippen molar-refractivity contribution < 1.29 is 0 Å². The van der Waals surface area contributed by atoms with Gasteiger partial charge in [0.1, 0.15) is 0 Å². The first-order valence-corrected chi connectivity index (χ1v) is 5.76. The summed E-state index contributed by atoms with van der Waals surface area (Å²) in [6, 6.07) is 0.782. The lowest BCUT2D eigenvalue weighted by Crippen LogP contribution is -2.33. The topological polar surface area (TPSA) is 15.3 Å². The molecule has 1 heterocycles. The predicted octanol–water partition coefficient (Wildman–Crippen LogP) is 1.47. The molecule has 2 heteroatoms. The van der Waals surface area contributed by atoms with Gasteiger partial charge in [0.15, 0.2) is 0 Å². The minimum atomic E-state index is 0.782. The summed E-state index contributed by atoms with van der Waals surface area (Å²) in [6.45, 7) is 3.79. The number of nitrogens with zero attached hydrogens (tertiary/aromatic N) is 1. The summed E-state index contributed by atoms with van der Waals surface area (Å²) < 4.78 is 0. The fraction of sp³-hybridized carbons (Fsp3) is 1.00. The third-order valence-electron chi connectivity index (χ3n) is 3.60. The molecule has 1 aliphatic heterocycles. The number of hydrogen-bond donors (Lipinski definition) is 1. The summed E-state index contributed by atoms with van der Waals surface area (Å²) in [7, 11) is 2.22. The van der Waals surface area contributed by atoms with Gasteiger partial charge in [-0.05, 0) is 38.9 Å². The summed E-state index contributed by atoms with van der Waals surface area (Å²) in [5.74, 6) is 1.06. The van der Waals surface area contributed by atoms with Crippen molar-refractivity contribution in [1.29, 1.82) is 0 Å². The SMILES string of the molecule is CN1CCC(NCCC2CCC2)C1. The van der Waals surface area contributed by atoms with Gasteiger partial charge in [-0.3, -0.25) is 0 Å². The average molecular weight is 182 g/mol. The molecule has 0 aromatic heterocycles. The first-order valence-electron chi connectivity index (χ1n) is 5.76. The van der Waals surface area contributed by atoms with E-state index in [1.807, 2.05) is 0 Å². The minimum absolute atomic E-state index is 0.782. The minimum Gasteiger partial charge on any atom is -0.313 e. The Labute approximate surface area is 81.7 Å². The lowest BCUT2D eigenvalue weighted by atomic mass is 9.83. The molecule has 1 saturated heterocycles. The Morgan fingerprint density at radius 1 is 1.31 bits per heavy atom. The van der Waals surface area contributed by atoms with Gasteiger partial charge in [0, 0.05) is 12.6 Å². The Morgan fingerprint density at radius 3 is 2.69 bits per heavy atom. The van der Waals surface area contributed by atoms with Crippen LogP contribution in [-0.2, 0) is 0 Å². The van der Waals surface area contributed by atoms with Gasteiger partial charge >= 0.3 is 0 Å². The third-order valence-corrected chi connectivity index (χ3v) is 3.60. The van der Waals surface area contributed by atoms with E-state index in [0.717, 1.165) is 12.0 Å². The van der Waals surface area contributed by atoms with Crippen molar-refractivity contribution in [2.75, 3.05) is 26.7 Å². The number of hydrogen-bond acceptors (Lipinski definition) is 2. The Kier molecular flexibility index (Phi) is 3.23. The van der Waals surface area contributed by atoms with E-state index in [1.54, 1.807) is 0 Å². The molecule has 1 unspecified atom stereocenters. The van der Waals surface area contributed by atoms with Crippen molar-refractivity contribution in [3.05, 3.63) is 0 Å². The van der Waals surface area contributed by atoms with Crippen molar-refractivity contribution in [3.63, 3.8) is 0 Å². The van der Waals surface area contributed by atoms with Crippen LogP contribution < -0.4 is 5.32 Å². The molecule has 2 fully saturated rings. The second kappa shape index (κ2) is 4.43. The van der Waals surface area contributed by atoms with Crippen LogP contribution in [0.3, 0.4) is 0 Å². The maximum atomic E-state index is 3.67. The van der Waals surface area contributed by atoms with Gasteiger partial charge in [-0.1, -0.05) is 19.3 Å². The Morgan fingerprint density at radius 2 is 2.15 bits per heavy atom. The van der Waals surface area contributed by atoms with Crippen LogP contribution in [0.4, 0.5) is 0 Å². The zero-order valence-electron chi connectivity index (χ0n) is 8.76. The zero-order chi connectivity index (χ0) is 9.10. The molecular formula is C11H22N2. The molecule has 0 aromatic rings. The van der Waals surface area contributed by atoms with Crippen molar-refractivity contribution in [3.8, 4) is 0 Å². The Bertz CT molecular complexity index is 154. The molecule has 2 aliphatic rings. The summed E-state index contributed by atoms with van der Waals surface area (Å²) >= 11 is 0. The maximum Gasteiger partial charge on any atom is 0.0207 e. The monoisotopic (exact) mass is 182 g/mol. The third kappa shape index (κ3) is 2.68. The average Bonchev–Trinajstić information content (AvgIpc) is 2.42. The van der Waals surface area contributed by atoms with Gasteiger partial charge in [-0.15, -0.1) is 0 Å². The highest BCUT2D eigenvalue weighted by atomic mass is 15.2. The lowest BCUT2D eigenvalue weighted by Gasteiger charge is -2.26. The molecule has 0 spiro atoms. The highest BCUT2D eigenvalue weighted by Gasteiger charge is 2.20. The molecule has 2 rings (SSSR count). The van der Waals surface area contributed by atoms with E-state index in [4.69, 9.17) is 0 Å². The molecule has 1 N–H and O–H groups in total. The van der Waals surface area contributed by atoms with E-state index in [0.29, 0.717) is 0 Å². The summed E-state index contributed by atoms with van der Waals surface area (Å²) in [6.07, 6.45) is 7.23. The Balaban J connectivity index is 1.52. The summed E-state index contributed by atoms with van der Waals surface area (Å²) in [5, 5.41) is 3.67. The molecule has 0 amide bonds. The van der Waals surface area contributed by atoms with Crippen molar-refractivity contribution in [1.82, 2.24) is 10.2 Å². The zero-order valence-corrected chi connectivity index (χ0v) is 8.76. The quantitative estimate of drug-likeness (QED) is 0.708. The van der Waals surface area contributed by atoms with E-state index >= 15 is 0 Å². The largest absolute Gasteiger partial charge is 0.313 e. The fourth-order valence-corrected chi connectivity index (χ4v) is 2.37. The van der Waals surface area contributed by atoms with E-state index in [-0.39, 0.29) is 0 Å². The summed E-state index contributed by atoms with van der Waals surface area (Å²) in [4.78, 5) is 2.42. The molecule has 0 radical (unpaired) electrons. The van der Waals surface area contributed by atoms with Gasteiger partial charge in [0.2, 0.25) is 0 Å². The number of likely N-dealkylation sites (tertiary alicyclic amines) is 1. The summed E-state index contributed by atoms with van der Waals surface area (Å²) in [5.41, 5.74) is 0. The van der Waals surface area contributed by atoms with Crippen LogP contribution in [0.2, 0.25) is 0 Å². The second-order valence-corrected chi connectivity index (χ2v) is 4.79. The van der Waals surface area contributed by atoms with E-state index in [1.165, 1.54) is 51.7 Å².